The van der Waals surface area contributed by atoms with Crippen LogP contribution < -0.4 is 4.31 Å². The van der Waals surface area contributed by atoms with Crippen LogP contribution >= 0.6 is 27.5 Å². The Morgan fingerprint density at radius 3 is 2.40 bits per heavy atom. The summed E-state index contributed by atoms with van der Waals surface area (Å²) in [4.78, 5) is 4.25. The zero-order chi connectivity index (χ0) is 18.2. The van der Waals surface area contributed by atoms with Crippen molar-refractivity contribution in [2.24, 2.45) is 0 Å². The first-order chi connectivity index (χ1) is 11.8. The molecule has 0 bridgehead atoms. The molecule has 9 heteroatoms. The van der Waals surface area contributed by atoms with E-state index in [1.54, 1.807) is 54.2 Å². The Labute approximate surface area is 159 Å². The molecular formula is C16H14BrClN4O2S. The molecule has 0 saturated heterocycles. The number of pyridine rings is 1. The molecule has 0 fully saturated rings. The third-order valence-electron chi connectivity index (χ3n) is 3.71. The predicted octanol–water partition coefficient (Wildman–Crippen LogP) is 3.82. The first-order valence-electron chi connectivity index (χ1n) is 7.22. The summed E-state index contributed by atoms with van der Waals surface area (Å²) in [6, 6.07) is 10.4. The van der Waals surface area contributed by atoms with E-state index in [9.17, 15) is 8.42 Å². The SMILES string of the molecule is Cc1c(S(=O)(=O)N(C)c2ccc(Br)cn2)cnn1-c1ccc(Cl)cc1. The summed E-state index contributed by atoms with van der Waals surface area (Å²) < 4.78 is 29.3. The van der Waals surface area contributed by atoms with Crippen molar-refractivity contribution in [1.29, 1.82) is 0 Å². The van der Waals surface area contributed by atoms with E-state index in [1.807, 2.05) is 0 Å². The van der Waals surface area contributed by atoms with Crippen LogP contribution in [-0.4, -0.2) is 30.2 Å². The van der Waals surface area contributed by atoms with E-state index in [4.69, 9.17) is 11.6 Å². The van der Waals surface area contributed by atoms with Crippen LogP contribution in [0.25, 0.3) is 5.69 Å². The van der Waals surface area contributed by atoms with Gasteiger partial charge in [0.1, 0.15) is 10.7 Å². The predicted molar refractivity (Wildman–Crippen MR) is 101 cm³/mol. The Kier molecular flexibility index (Phi) is 4.86. The minimum atomic E-state index is -3.78. The van der Waals surface area contributed by atoms with Crippen molar-refractivity contribution in [2.75, 3.05) is 11.4 Å². The third kappa shape index (κ3) is 3.42. The standard InChI is InChI=1S/C16H14BrClN4O2S/c1-11-15(10-20-22(11)14-6-4-13(18)5-7-14)25(23,24)21(2)16-8-3-12(17)9-19-16/h3-10H,1-2H3. The smallest absolute Gasteiger partial charge is 0.253 e. The fourth-order valence-electron chi connectivity index (χ4n) is 2.32. The van der Waals surface area contributed by atoms with E-state index >= 15 is 0 Å². The Balaban J connectivity index is 2.01. The fraction of sp³-hybridized carbons (Fsp3) is 0.125. The zero-order valence-electron chi connectivity index (χ0n) is 13.4. The first kappa shape index (κ1) is 17.9. The Bertz CT molecular complexity index is 1000. The molecule has 2 aromatic heterocycles. The largest absolute Gasteiger partial charge is 0.268 e. The Morgan fingerprint density at radius 2 is 1.80 bits per heavy atom. The molecule has 0 amide bonds. The van der Waals surface area contributed by atoms with Crippen molar-refractivity contribution in [3.05, 3.63) is 64.0 Å². The van der Waals surface area contributed by atoms with Gasteiger partial charge in [-0.05, 0) is 59.3 Å². The van der Waals surface area contributed by atoms with E-state index in [0.29, 0.717) is 16.5 Å². The molecule has 0 N–H and O–H groups in total. The number of hydrogen-bond donors (Lipinski definition) is 0. The molecule has 0 saturated carbocycles. The summed E-state index contributed by atoms with van der Waals surface area (Å²) in [6.45, 7) is 1.71. The molecule has 130 valence electrons. The Morgan fingerprint density at radius 1 is 1.12 bits per heavy atom. The summed E-state index contributed by atoms with van der Waals surface area (Å²) in [5.74, 6) is 0.321. The number of rotatable bonds is 4. The van der Waals surface area contributed by atoms with Gasteiger partial charge in [-0.1, -0.05) is 11.6 Å². The number of nitrogens with zero attached hydrogens (tertiary/aromatic N) is 4. The van der Waals surface area contributed by atoms with Gasteiger partial charge in [0, 0.05) is 22.7 Å². The molecule has 0 aliphatic heterocycles. The lowest BCUT2D eigenvalue weighted by atomic mass is 10.3. The lowest BCUT2D eigenvalue weighted by molar-refractivity contribution is 0.593. The van der Waals surface area contributed by atoms with Gasteiger partial charge >= 0.3 is 0 Å². The molecule has 0 spiro atoms. The fourth-order valence-corrected chi connectivity index (χ4v) is 3.97. The van der Waals surface area contributed by atoms with E-state index in [2.05, 4.69) is 26.0 Å². The van der Waals surface area contributed by atoms with Crippen molar-refractivity contribution >= 4 is 43.4 Å². The second kappa shape index (κ2) is 6.78. The average Bonchev–Trinajstić information content (AvgIpc) is 2.98. The normalized spacial score (nSPS) is 11.5. The minimum absolute atomic E-state index is 0.120. The molecule has 25 heavy (non-hydrogen) atoms. The molecule has 0 aliphatic carbocycles. The lowest BCUT2D eigenvalue weighted by Crippen LogP contribution is -2.27. The van der Waals surface area contributed by atoms with Gasteiger partial charge in [-0.2, -0.15) is 5.10 Å². The maximum atomic E-state index is 12.9. The second-order valence-corrected chi connectivity index (χ2v) is 8.58. The maximum absolute atomic E-state index is 12.9. The number of anilines is 1. The van der Waals surface area contributed by atoms with Crippen LogP contribution in [0, 0.1) is 6.92 Å². The van der Waals surface area contributed by atoms with Gasteiger partial charge in [0.05, 0.1) is 17.6 Å². The number of aromatic nitrogens is 3. The summed E-state index contributed by atoms with van der Waals surface area (Å²) >= 11 is 9.18. The van der Waals surface area contributed by atoms with E-state index in [-0.39, 0.29) is 4.90 Å². The summed E-state index contributed by atoms with van der Waals surface area (Å²) in [7, 11) is -2.32. The van der Waals surface area contributed by atoms with E-state index in [0.717, 1.165) is 14.5 Å². The van der Waals surface area contributed by atoms with Crippen LogP contribution in [0.4, 0.5) is 5.82 Å². The minimum Gasteiger partial charge on any atom is -0.253 e. The highest BCUT2D eigenvalue weighted by molar-refractivity contribution is 9.10. The molecule has 2 heterocycles. The van der Waals surface area contributed by atoms with Crippen molar-refractivity contribution < 1.29 is 8.42 Å². The van der Waals surface area contributed by atoms with E-state index in [1.165, 1.54) is 13.2 Å². The third-order valence-corrected chi connectivity index (χ3v) is 6.29. The summed E-state index contributed by atoms with van der Waals surface area (Å²) in [5.41, 5.74) is 1.24. The number of halogens is 2. The number of benzene rings is 1. The molecule has 0 atom stereocenters. The van der Waals surface area contributed by atoms with Gasteiger partial charge in [0.15, 0.2) is 0 Å². The van der Waals surface area contributed by atoms with Crippen molar-refractivity contribution in [2.45, 2.75) is 11.8 Å². The number of hydrogen-bond acceptors (Lipinski definition) is 4. The number of sulfonamides is 1. The highest BCUT2D eigenvalue weighted by Crippen LogP contribution is 2.25. The molecule has 0 radical (unpaired) electrons. The maximum Gasteiger partial charge on any atom is 0.268 e. The summed E-state index contributed by atoms with van der Waals surface area (Å²) in [5, 5.41) is 4.81. The average molecular weight is 442 g/mol. The molecule has 6 nitrogen and oxygen atoms in total. The van der Waals surface area contributed by atoms with Gasteiger partial charge in [-0.15, -0.1) is 0 Å². The van der Waals surface area contributed by atoms with Crippen LogP contribution in [0.1, 0.15) is 5.69 Å². The second-order valence-electron chi connectivity index (χ2n) is 5.29. The van der Waals surface area contributed by atoms with Gasteiger partial charge in [-0.25, -0.2) is 18.1 Å². The van der Waals surface area contributed by atoms with Crippen LogP contribution in [0.5, 0.6) is 0 Å². The molecule has 0 aliphatic rings. The quantitative estimate of drug-likeness (QED) is 0.617. The molecule has 0 unspecified atom stereocenters. The molecule has 3 rings (SSSR count). The van der Waals surface area contributed by atoms with Gasteiger partial charge in [0.25, 0.3) is 10.0 Å². The van der Waals surface area contributed by atoms with Crippen LogP contribution in [0.2, 0.25) is 5.02 Å². The van der Waals surface area contributed by atoms with Gasteiger partial charge < -0.3 is 0 Å². The van der Waals surface area contributed by atoms with Gasteiger partial charge in [-0.3, -0.25) is 4.31 Å². The van der Waals surface area contributed by atoms with Crippen LogP contribution in [0.15, 0.2) is 58.2 Å². The molecular weight excluding hydrogens is 428 g/mol. The van der Waals surface area contributed by atoms with E-state index < -0.39 is 10.0 Å². The van der Waals surface area contributed by atoms with Crippen LogP contribution in [0.3, 0.4) is 0 Å². The molecule has 3 aromatic rings. The van der Waals surface area contributed by atoms with Crippen LogP contribution in [-0.2, 0) is 10.0 Å². The first-order valence-corrected chi connectivity index (χ1v) is 9.83. The Hall–Kier alpha value is -1.90. The van der Waals surface area contributed by atoms with Crippen molar-refractivity contribution in [3.63, 3.8) is 0 Å². The zero-order valence-corrected chi connectivity index (χ0v) is 16.5. The lowest BCUT2D eigenvalue weighted by Gasteiger charge is -2.18. The van der Waals surface area contributed by atoms with Crippen molar-refractivity contribution in [1.82, 2.24) is 14.8 Å². The highest BCUT2D eigenvalue weighted by Gasteiger charge is 2.27. The highest BCUT2D eigenvalue weighted by atomic mass is 79.9. The topological polar surface area (TPSA) is 68.1 Å². The summed E-state index contributed by atoms with van der Waals surface area (Å²) in [6.07, 6.45) is 2.89. The monoisotopic (exact) mass is 440 g/mol. The molecule has 1 aromatic carbocycles. The van der Waals surface area contributed by atoms with Crippen molar-refractivity contribution in [3.8, 4) is 5.69 Å². The van der Waals surface area contributed by atoms with Gasteiger partial charge in [0.2, 0.25) is 0 Å².